The van der Waals surface area contributed by atoms with Crippen LogP contribution in [0.15, 0.2) is 58.5 Å². The molecule has 2 heterocycles. The molecule has 31 heavy (non-hydrogen) atoms. The average Bonchev–Trinajstić information content (AvgIpc) is 3.17. The molecule has 1 atom stereocenters. The van der Waals surface area contributed by atoms with Crippen LogP contribution in [0.4, 0.5) is 5.69 Å². The van der Waals surface area contributed by atoms with E-state index in [2.05, 4.69) is 24.0 Å². The van der Waals surface area contributed by atoms with E-state index < -0.39 is 4.92 Å². The number of fused-ring (bicyclic) bond motifs is 3. The molecule has 0 saturated heterocycles. The first-order valence-corrected chi connectivity index (χ1v) is 11.0. The lowest BCUT2D eigenvalue weighted by Crippen LogP contribution is -2.24. The van der Waals surface area contributed by atoms with Gasteiger partial charge in [-0.15, -0.1) is 10.2 Å². The van der Waals surface area contributed by atoms with Gasteiger partial charge in [0.25, 0.3) is 11.2 Å². The molecule has 160 valence electrons. The largest absolute Gasteiger partial charge is 0.276 e. The standard InChI is InChI=1S/C22H23N5O3S/c1-14(2)11-12-25-20(28)18-9-4-5-10-19(18)26-21(25)23-24-22(26)31-15(3)16-7-6-8-17(13-16)27(29)30/h4-10,13-15H,11-12H2,1-3H3. The fraction of sp³-hybridized carbons (Fsp3) is 0.318. The predicted octanol–water partition coefficient (Wildman–Crippen LogP) is 4.85. The van der Waals surface area contributed by atoms with Gasteiger partial charge < -0.3 is 0 Å². The van der Waals surface area contributed by atoms with Crippen molar-refractivity contribution in [3.05, 3.63) is 74.6 Å². The van der Waals surface area contributed by atoms with Crippen molar-refractivity contribution in [2.24, 2.45) is 5.92 Å². The minimum atomic E-state index is -0.395. The van der Waals surface area contributed by atoms with Crippen molar-refractivity contribution in [3.63, 3.8) is 0 Å². The first kappa shape index (κ1) is 21.0. The van der Waals surface area contributed by atoms with E-state index in [1.165, 1.54) is 17.8 Å². The SMILES string of the molecule is CC(C)CCn1c(=O)c2ccccc2n2c(SC(C)c3cccc([N+](=O)[O-])c3)nnc12. The number of nitro benzene ring substituents is 1. The fourth-order valence-electron chi connectivity index (χ4n) is 3.52. The monoisotopic (exact) mass is 437 g/mol. The van der Waals surface area contributed by atoms with Crippen molar-refractivity contribution in [1.29, 1.82) is 0 Å². The molecule has 8 nitrogen and oxygen atoms in total. The van der Waals surface area contributed by atoms with Crippen molar-refractivity contribution >= 4 is 34.1 Å². The van der Waals surface area contributed by atoms with Crippen LogP contribution >= 0.6 is 11.8 Å². The summed E-state index contributed by atoms with van der Waals surface area (Å²) in [6, 6.07) is 14.1. The summed E-state index contributed by atoms with van der Waals surface area (Å²) < 4.78 is 3.60. The van der Waals surface area contributed by atoms with E-state index in [0.717, 1.165) is 17.5 Å². The van der Waals surface area contributed by atoms with E-state index in [1.54, 1.807) is 16.7 Å². The van der Waals surface area contributed by atoms with Crippen molar-refractivity contribution < 1.29 is 4.92 Å². The number of nitrogens with zero attached hydrogens (tertiary/aromatic N) is 5. The van der Waals surface area contributed by atoms with Gasteiger partial charge in [0.1, 0.15) is 0 Å². The molecule has 4 rings (SSSR count). The van der Waals surface area contributed by atoms with Crippen LogP contribution in [-0.2, 0) is 6.54 Å². The van der Waals surface area contributed by atoms with Crippen LogP contribution in [-0.4, -0.2) is 24.1 Å². The number of aromatic nitrogens is 4. The number of aryl methyl sites for hydroxylation is 1. The summed E-state index contributed by atoms with van der Waals surface area (Å²) in [7, 11) is 0. The average molecular weight is 438 g/mol. The molecule has 0 aliphatic rings. The number of thioether (sulfide) groups is 1. The maximum atomic E-state index is 13.1. The third-order valence-electron chi connectivity index (χ3n) is 5.24. The van der Waals surface area contributed by atoms with Crippen LogP contribution < -0.4 is 5.56 Å². The highest BCUT2D eigenvalue weighted by Gasteiger charge is 2.20. The molecule has 0 saturated carbocycles. The van der Waals surface area contributed by atoms with E-state index in [1.807, 2.05) is 41.7 Å². The van der Waals surface area contributed by atoms with Crippen LogP contribution in [0.3, 0.4) is 0 Å². The maximum Gasteiger partial charge on any atom is 0.269 e. The molecule has 4 aromatic rings. The molecule has 0 spiro atoms. The summed E-state index contributed by atoms with van der Waals surface area (Å²) in [5, 5.41) is 21.0. The lowest BCUT2D eigenvalue weighted by molar-refractivity contribution is -0.384. The van der Waals surface area contributed by atoms with Crippen LogP contribution in [0.2, 0.25) is 0 Å². The molecule has 0 N–H and O–H groups in total. The van der Waals surface area contributed by atoms with E-state index >= 15 is 0 Å². The van der Waals surface area contributed by atoms with Crippen molar-refractivity contribution in [3.8, 4) is 0 Å². The van der Waals surface area contributed by atoms with Gasteiger partial charge in [0, 0.05) is 23.9 Å². The molecule has 0 amide bonds. The Bertz CT molecular complexity index is 1330. The number of hydrogen-bond acceptors (Lipinski definition) is 6. The minimum Gasteiger partial charge on any atom is -0.276 e. The molecule has 1 unspecified atom stereocenters. The zero-order valence-corrected chi connectivity index (χ0v) is 18.4. The van der Waals surface area contributed by atoms with Crippen molar-refractivity contribution in [2.75, 3.05) is 0 Å². The summed E-state index contributed by atoms with van der Waals surface area (Å²) in [6.07, 6.45) is 0.854. The van der Waals surface area contributed by atoms with E-state index in [0.29, 0.717) is 28.8 Å². The second-order valence-electron chi connectivity index (χ2n) is 7.89. The Balaban J connectivity index is 1.81. The zero-order valence-electron chi connectivity index (χ0n) is 17.6. The highest BCUT2D eigenvalue weighted by Crippen LogP contribution is 2.35. The lowest BCUT2D eigenvalue weighted by atomic mass is 10.1. The number of para-hydroxylation sites is 1. The van der Waals surface area contributed by atoms with Gasteiger partial charge in [-0.3, -0.25) is 23.9 Å². The second-order valence-corrected chi connectivity index (χ2v) is 9.19. The van der Waals surface area contributed by atoms with Gasteiger partial charge in [-0.25, -0.2) is 0 Å². The number of rotatable bonds is 7. The normalized spacial score (nSPS) is 12.6. The van der Waals surface area contributed by atoms with Crippen LogP contribution in [0, 0.1) is 16.0 Å². The van der Waals surface area contributed by atoms with Crippen LogP contribution in [0.1, 0.15) is 38.0 Å². The molecule has 0 bridgehead atoms. The summed E-state index contributed by atoms with van der Waals surface area (Å²) in [4.78, 5) is 23.9. The number of benzene rings is 2. The van der Waals surface area contributed by atoms with Crippen molar-refractivity contribution in [1.82, 2.24) is 19.2 Å². The second kappa shape index (κ2) is 8.50. The van der Waals surface area contributed by atoms with E-state index in [9.17, 15) is 14.9 Å². The number of non-ortho nitro benzene ring substituents is 1. The summed E-state index contributed by atoms with van der Waals surface area (Å²) in [6.45, 7) is 6.78. The maximum absolute atomic E-state index is 13.1. The van der Waals surface area contributed by atoms with Gasteiger partial charge in [0.15, 0.2) is 5.16 Å². The van der Waals surface area contributed by atoms with Gasteiger partial charge in [0.2, 0.25) is 5.78 Å². The van der Waals surface area contributed by atoms with Gasteiger partial charge >= 0.3 is 0 Å². The third kappa shape index (κ3) is 4.05. The Kier molecular flexibility index (Phi) is 5.77. The third-order valence-corrected chi connectivity index (χ3v) is 6.34. The molecule has 9 heteroatoms. The topological polar surface area (TPSA) is 95.3 Å². The Morgan fingerprint density at radius 3 is 2.61 bits per heavy atom. The summed E-state index contributed by atoms with van der Waals surface area (Å²) in [5.41, 5.74) is 1.57. The smallest absolute Gasteiger partial charge is 0.269 e. The van der Waals surface area contributed by atoms with Crippen LogP contribution in [0.25, 0.3) is 16.7 Å². The van der Waals surface area contributed by atoms with Gasteiger partial charge in [0.05, 0.1) is 15.8 Å². The molecule has 0 radical (unpaired) electrons. The van der Waals surface area contributed by atoms with E-state index in [4.69, 9.17) is 0 Å². The molecular formula is C22H23N5O3S. The molecular weight excluding hydrogens is 414 g/mol. The highest BCUT2D eigenvalue weighted by atomic mass is 32.2. The Morgan fingerprint density at radius 2 is 1.87 bits per heavy atom. The Labute approximate surface area is 183 Å². The van der Waals surface area contributed by atoms with Gasteiger partial charge in [-0.2, -0.15) is 0 Å². The molecule has 2 aromatic heterocycles. The molecule has 0 aliphatic carbocycles. The number of hydrogen-bond donors (Lipinski definition) is 0. The van der Waals surface area contributed by atoms with Crippen LogP contribution in [0.5, 0.6) is 0 Å². The van der Waals surface area contributed by atoms with E-state index in [-0.39, 0.29) is 16.5 Å². The summed E-state index contributed by atoms with van der Waals surface area (Å²) in [5.74, 6) is 0.960. The molecule has 2 aromatic carbocycles. The Morgan fingerprint density at radius 1 is 1.10 bits per heavy atom. The Hall–Kier alpha value is -3.20. The lowest BCUT2D eigenvalue weighted by Gasteiger charge is -2.14. The van der Waals surface area contributed by atoms with Gasteiger partial charge in [-0.1, -0.05) is 49.9 Å². The van der Waals surface area contributed by atoms with Crippen molar-refractivity contribution in [2.45, 2.75) is 44.1 Å². The van der Waals surface area contributed by atoms with Gasteiger partial charge in [-0.05, 0) is 37.0 Å². The highest BCUT2D eigenvalue weighted by molar-refractivity contribution is 7.99. The molecule has 0 fully saturated rings. The fourth-order valence-corrected chi connectivity index (χ4v) is 4.49. The summed E-state index contributed by atoms with van der Waals surface area (Å²) >= 11 is 1.46. The first-order chi connectivity index (χ1) is 14.9. The number of nitro groups is 1. The quantitative estimate of drug-likeness (QED) is 0.233. The molecule has 0 aliphatic heterocycles. The zero-order chi connectivity index (χ0) is 22.1. The predicted molar refractivity (Wildman–Crippen MR) is 122 cm³/mol. The first-order valence-electron chi connectivity index (χ1n) is 10.1. The minimum absolute atomic E-state index is 0.0593.